The summed E-state index contributed by atoms with van der Waals surface area (Å²) in [5, 5.41) is 13.6. The molecule has 0 saturated heterocycles. The summed E-state index contributed by atoms with van der Waals surface area (Å²) in [5.74, 6) is -0.320. The Labute approximate surface area is 161 Å². The fraction of sp³-hybridized carbons (Fsp3) is 0.263. The van der Waals surface area contributed by atoms with Gasteiger partial charge >= 0.3 is 5.97 Å². The fourth-order valence-electron chi connectivity index (χ4n) is 2.21. The molecule has 1 N–H and O–H groups in total. The highest BCUT2D eigenvalue weighted by Gasteiger charge is 2.16. The molecule has 0 spiro atoms. The standard InChI is InChI=1S/C19H20N2O5S/c1-14-8-9-15(12-17(14)21(24)25)19(23)26-13-18(22)20-10-5-11-27-16-6-3-2-4-7-16/h2-4,6-9,12H,5,10-11,13H2,1H3,(H,20,22). The molecule has 2 aromatic carbocycles. The van der Waals surface area contributed by atoms with Gasteiger partial charge in [0, 0.05) is 23.1 Å². The molecule has 0 aromatic heterocycles. The molecular formula is C19H20N2O5S. The van der Waals surface area contributed by atoms with Gasteiger partial charge in [-0.05, 0) is 37.3 Å². The molecule has 2 rings (SSSR count). The Morgan fingerprint density at radius 2 is 1.93 bits per heavy atom. The van der Waals surface area contributed by atoms with Gasteiger partial charge in [0.1, 0.15) is 0 Å². The number of nitrogens with one attached hydrogen (secondary N) is 1. The summed E-state index contributed by atoms with van der Waals surface area (Å²) in [6, 6.07) is 14.0. The van der Waals surface area contributed by atoms with Crippen LogP contribution in [0, 0.1) is 17.0 Å². The van der Waals surface area contributed by atoms with Crippen LogP contribution in [0.3, 0.4) is 0 Å². The second-order valence-corrected chi connectivity index (χ2v) is 6.87. The van der Waals surface area contributed by atoms with Crippen molar-refractivity contribution >= 4 is 29.3 Å². The van der Waals surface area contributed by atoms with Crippen LogP contribution < -0.4 is 5.32 Å². The first kappa shape index (κ1) is 20.4. The third kappa shape index (κ3) is 6.74. The summed E-state index contributed by atoms with van der Waals surface area (Å²) < 4.78 is 4.91. The van der Waals surface area contributed by atoms with Gasteiger partial charge in [-0.25, -0.2) is 4.79 Å². The molecule has 0 saturated carbocycles. The zero-order valence-electron chi connectivity index (χ0n) is 14.8. The van der Waals surface area contributed by atoms with Crippen LogP contribution >= 0.6 is 11.8 Å². The Balaban J connectivity index is 1.68. The first-order valence-electron chi connectivity index (χ1n) is 8.34. The van der Waals surface area contributed by atoms with Gasteiger partial charge in [0.15, 0.2) is 6.61 Å². The number of ether oxygens (including phenoxy) is 1. The average Bonchev–Trinajstić information content (AvgIpc) is 2.66. The third-order valence-corrected chi connectivity index (χ3v) is 4.73. The Morgan fingerprint density at radius 3 is 2.63 bits per heavy atom. The summed E-state index contributed by atoms with van der Waals surface area (Å²) >= 11 is 1.70. The maximum absolute atomic E-state index is 11.9. The van der Waals surface area contributed by atoms with Crippen LogP contribution in [0.15, 0.2) is 53.4 Å². The van der Waals surface area contributed by atoms with Gasteiger partial charge in [-0.2, -0.15) is 0 Å². The highest BCUT2D eigenvalue weighted by atomic mass is 32.2. The summed E-state index contributed by atoms with van der Waals surface area (Å²) in [7, 11) is 0. The van der Waals surface area contributed by atoms with Crippen molar-refractivity contribution in [2.24, 2.45) is 0 Å². The van der Waals surface area contributed by atoms with E-state index < -0.39 is 23.4 Å². The van der Waals surface area contributed by atoms with Crippen molar-refractivity contribution in [3.63, 3.8) is 0 Å². The predicted octanol–water partition coefficient (Wildman–Crippen LogP) is 3.36. The molecule has 2 aromatic rings. The summed E-state index contributed by atoms with van der Waals surface area (Å²) in [4.78, 5) is 35.2. The normalized spacial score (nSPS) is 10.3. The number of esters is 1. The molecule has 0 aliphatic heterocycles. The Kier molecular flexibility index (Phi) is 7.81. The lowest BCUT2D eigenvalue weighted by atomic mass is 10.1. The lowest BCUT2D eigenvalue weighted by Crippen LogP contribution is -2.29. The summed E-state index contributed by atoms with van der Waals surface area (Å²) in [6.45, 7) is 1.63. The largest absolute Gasteiger partial charge is 0.452 e. The van der Waals surface area contributed by atoms with Crippen molar-refractivity contribution in [2.75, 3.05) is 18.9 Å². The number of carbonyl (C=O) groups is 2. The van der Waals surface area contributed by atoms with Crippen molar-refractivity contribution in [1.82, 2.24) is 5.32 Å². The van der Waals surface area contributed by atoms with Crippen LogP contribution in [-0.2, 0) is 9.53 Å². The zero-order chi connectivity index (χ0) is 19.6. The number of hydrogen-bond acceptors (Lipinski definition) is 6. The minimum Gasteiger partial charge on any atom is -0.452 e. The van der Waals surface area contributed by atoms with Crippen LogP contribution in [0.5, 0.6) is 0 Å². The molecule has 8 heteroatoms. The molecule has 0 radical (unpaired) electrons. The van der Waals surface area contributed by atoms with Crippen molar-refractivity contribution < 1.29 is 19.2 Å². The van der Waals surface area contributed by atoms with E-state index in [0.29, 0.717) is 12.1 Å². The molecule has 0 fully saturated rings. The molecule has 142 valence electrons. The van der Waals surface area contributed by atoms with E-state index in [4.69, 9.17) is 4.74 Å². The Morgan fingerprint density at radius 1 is 1.19 bits per heavy atom. The van der Waals surface area contributed by atoms with Crippen LogP contribution in [-0.4, -0.2) is 35.7 Å². The second-order valence-electron chi connectivity index (χ2n) is 5.70. The lowest BCUT2D eigenvalue weighted by Gasteiger charge is -2.07. The first-order chi connectivity index (χ1) is 13.0. The number of rotatable bonds is 9. The number of benzene rings is 2. The molecule has 0 aliphatic rings. The monoisotopic (exact) mass is 388 g/mol. The third-order valence-electron chi connectivity index (χ3n) is 3.63. The lowest BCUT2D eigenvalue weighted by molar-refractivity contribution is -0.385. The Bertz CT molecular complexity index is 811. The van der Waals surface area contributed by atoms with Gasteiger partial charge in [0.25, 0.3) is 11.6 Å². The number of nitro benzene ring substituents is 1. The fourth-order valence-corrected chi connectivity index (χ4v) is 3.08. The van der Waals surface area contributed by atoms with Gasteiger partial charge in [-0.3, -0.25) is 14.9 Å². The van der Waals surface area contributed by atoms with E-state index in [0.717, 1.165) is 18.2 Å². The van der Waals surface area contributed by atoms with Crippen LogP contribution in [0.25, 0.3) is 0 Å². The van der Waals surface area contributed by atoms with Crippen LogP contribution in [0.2, 0.25) is 0 Å². The van der Waals surface area contributed by atoms with Crippen LogP contribution in [0.1, 0.15) is 22.3 Å². The zero-order valence-corrected chi connectivity index (χ0v) is 15.7. The number of carbonyl (C=O) groups excluding carboxylic acids is 2. The molecule has 0 bridgehead atoms. The molecule has 7 nitrogen and oxygen atoms in total. The van der Waals surface area contributed by atoms with Gasteiger partial charge in [-0.15, -0.1) is 11.8 Å². The van der Waals surface area contributed by atoms with Gasteiger partial charge < -0.3 is 10.1 Å². The van der Waals surface area contributed by atoms with Crippen molar-refractivity contribution in [3.8, 4) is 0 Å². The smallest absolute Gasteiger partial charge is 0.338 e. The van der Waals surface area contributed by atoms with E-state index in [-0.39, 0.29) is 11.3 Å². The van der Waals surface area contributed by atoms with E-state index in [1.54, 1.807) is 18.7 Å². The van der Waals surface area contributed by atoms with Crippen molar-refractivity contribution in [3.05, 3.63) is 69.8 Å². The quantitative estimate of drug-likeness (QED) is 0.233. The molecule has 0 unspecified atom stereocenters. The van der Waals surface area contributed by atoms with Crippen LogP contribution in [0.4, 0.5) is 5.69 Å². The molecular weight excluding hydrogens is 368 g/mol. The predicted molar refractivity (Wildman–Crippen MR) is 103 cm³/mol. The summed E-state index contributed by atoms with van der Waals surface area (Å²) in [5.41, 5.74) is 0.326. The maximum atomic E-state index is 11.9. The van der Waals surface area contributed by atoms with Gasteiger partial charge in [0.05, 0.1) is 10.5 Å². The molecule has 0 aliphatic carbocycles. The molecule has 27 heavy (non-hydrogen) atoms. The second kappa shape index (κ2) is 10.3. The number of amides is 1. The highest BCUT2D eigenvalue weighted by Crippen LogP contribution is 2.20. The minimum absolute atomic E-state index is 0.0411. The van der Waals surface area contributed by atoms with Gasteiger partial charge in [0.2, 0.25) is 0 Å². The van der Waals surface area contributed by atoms with Crippen molar-refractivity contribution in [1.29, 1.82) is 0 Å². The minimum atomic E-state index is -0.770. The topological polar surface area (TPSA) is 98.5 Å². The number of hydrogen-bond donors (Lipinski definition) is 1. The number of thioether (sulfide) groups is 1. The van der Waals surface area contributed by atoms with E-state index in [9.17, 15) is 19.7 Å². The Hall–Kier alpha value is -2.87. The number of aryl methyl sites for hydroxylation is 1. The average molecular weight is 388 g/mol. The highest BCUT2D eigenvalue weighted by molar-refractivity contribution is 7.99. The van der Waals surface area contributed by atoms with Crippen molar-refractivity contribution in [2.45, 2.75) is 18.2 Å². The van der Waals surface area contributed by atoms with E-state index in [1.807, 2.05) is 30.3 Å². The number of nitrogens with zero attached hydrogens (tertiary/aromatic N) is 1. The van der Waals surface area contributed by atoms with E-state index >= 15 is 0 Å². The SMILES string of the molecule is Cc1ccc(C(=O)OCC(=O)NCCCSc2ccccc2)cc1[N+](=O)[O-]. The first-order valence-corrected chi connectivity index (χ1v) is 9.32. The van der Waals surface area contributed by atoms with E-state index in [1.165, 1.54) is 17.0 Å². The van der Waals surface area contributed by atoms with Gasteiger partial charge in [-0.1, -0.05) is 24.3 Å². The maximum Gasteiger partial charge on any atom is 0.338 e. The molecule has 1 amide bonds. The molecule has 0 atom stereocenters. The summed E-state index contributed by atoms with van der Waals surface area (Å²) in [6.07, 6.45) is 0.781. The number of nitro groups is 1. The molecule has 0 heterocycles. The van der Waals surface area contributed by atoms with E-state index in [2.05, 4.69) is 5.32 Å².